The van der Waals surface area contributed by atoms with Crippen LogP contribution in [0.5, 0.6) is 5.75 Å². The third-order valence-electron chi connectivity index (χ3n) is 5.75. The van der Waals surface area contributed by atoms with Crippen LogP contribution >= 0.6 is 0 Å². The lowest BCUT2D eigenvalue weighted by molar-refractivity contribution is -0.146. The monoisotopic (exact) mass is 424 g/mol. The molecule has 7 nitrogen and oxygen atoms in total. The molecule has 2 aromatic rings. The van der Waals surface area contributed by atoms with Gasteiger partial charge >= 0.3 is 0 Å². The fourth-order valence-electron chi connectivity index (χ4n) is 4.04. The second kappa shape index (κ2) is 8.65. The molecule has 0 spiro atoms. The van der Waals surface area contributed by atoms with Crippen molar-refractivity contribution in [1.82, 2.24) is 14.9 Å². The quantitative estimate of drug-likeness (QED) is 0.760. The molecule has 2 heterocycles. The maximum absolute atomic E-state index is 13.6. The highest BCUT2D eigenvalue weighted by Crippen LogP contribution is 2.35. The van der Waals surface area contributed by atoms with Gasteiger partial charge in [-0.3, -0.25) is 9.59 Å². The van der Waals surface area contributed by atoms with Crippen molar-refractivity contribution in [3.63, 3.8) is 0 Å². The van der Waals surface area contributed by atoms with E-state index in [9.17, 15) is 9.59 Å². The van der Waals surface area contributed by atoms with E-state index in [1.165, 1.54) is 6.20 Å². The van der Waals surface area contributed by atoms with Crippen LogP contribution in [0.1, 0.15) is 85.5 Å². The number of hydrogen-bond acceptors (Lipinski definition) is 5. The van der Waals surface area contributed by atoms with E-state index < -0.39 is 11.5 Å². The maximum atomic E-state index is 13.6. The highest BCUT2D eigenvalue weighted by Gasteiger charge is 2.41. The van der Waals surface area contributed by atoms with Crippen LogP contribution in [0.3, 0.4) is 0 Å². The number of amides is 2. The van der Waals surface area contributed by atoms with Crippen molar-refractivity contribution < 1.29 is 14.3 Å². The minimum Gasteiger partial charge on any atom is -0.478 e. The zero-order chi connectivity index (χ0) is 22.9. The van der Waals surface area contributed by atoms with E-state index in [0.717, 1.165) is 29.7 Å². The lowest BCUT2D eigenvalue weighted by Gasteiger charge is -2.34. The molecule has 1 aromatic heterocycles. The molecular weight excluding hydrogens is 392 g/mol. The number of nitrogens with zero attached hydrogens (tertiary/aromatic N) is 3. The predicted molar refractivity (Wildman–Crippen MR) is 119 cm³/mol. The first-order chi connectivity index (χ1) is 14.5. The Bertz CT molecular complexity index is 1000. The number of benzene rings is 1. The third-order valence-corrected chi connectivity index (χ3v) is 5.75. The van der Waals surface area contributed by atoms with Crippen LogP contribution in [-0.2, 0) is 4.79 Å². The summed E-state index contributed by atoms with van der Waals surface area (Å²) in [6.45, 7) is 12.2. The van der Waals surface area contributed by atoms with E-state index >= 15 is 0 Å². The van der Waals surface area contributed by atoms with Gasteiger partial charge in [0, 0.05) is 12.7 Å². The number of likely N-dealkylation sites (tertiary alicyclic amines) is 1. The van der Waals surface area contributed by atoms with Crippen LogP contribution in [0.15, 0.2) is 24.4 Å². The SMILES string of the molecule is Cc1ccc(C(C)C)c(OC(C)(C)C(=O)N2CCC[C@H]2c2ncc(C(N)=O)c(C)n2)c1. The molecule has 2 amide bonds. The van der Waals surface area contributed by atoms with Crippen LogP contribution in [0, 0.1) is 13.8 Å². The fourth-order valence-corrected chi connectivity index (χ4v) is 4.04. The molecule has 166 valence electrons. The summed E-state index contributed by atoms with van der Waals surface area (Å²) in [7, 11) is 0. The molecule has 0 bridgehead atoms. The van der Waals surface area contributed by atoms with Gasteiger partial charge in [-0.15, -0.1) is 0 Å². The van der Waals surface area contributed by atoms with Gasteiger partial charge in [0.15, 0.2) is 11.4 Å². The van der Waals surface area contributed by atoms with Gasteiger partial charge in [0.2, 0.25) is 0 Å². The summed E-state index contributed by atoms with van der Waals surface area (Å²) in [5, 5.41) is 0. The summed E-state index contributed by atoms with van der Waals surface area (Å²) in [5.41, 5.74) is 7.29. The normalized spacial score (nSPS) is 16.6. The highest BCUT2D eigenvalue weighted by molar-refractivity contribution is 5.93. The molecule has 0 unspecified atom stereocenters. The molecule has 1 aliphatic rings. The zero-order valence-corrected chi connectivity index (χ0v) is 19.2. The van der Waals surface area contributed by atoms with Gasteiger partial charge in [-0.25, -0.2) is 9.97 Å². The Kier molecular flexibility index (Phi) is 6.34. The van der Waals surface area contributed by atoms with Crippen LogP contribution in [0.25, 0.3) is 0 Å². The second-order valence-corrected chi connectivity index (χ2v) is 9.06. The zero-order valence-electron chi connectivity index (χ0n) is 19.2. The number of aromatic nitrogens is 2. The first-order valence-electron chi connectivity index (χ1n) is 10.7. The van der Waals surface area contributed by atoms with Crippen molar-refractivity contribution in [1.29, 1.82) is 0 Å². The molecule has 1 saturated heterocycles. The smallest absolute Gasteiger partial charge is 0.266 e. The van der Waals surface area contributed by atoms with Gasteiger partial charge in [0.05, 0.1) is 17.3 Å². The Morgan fingerprint density at radius 3 is 2.58 bits per heavy atom. The van der Waals surface area contributed by atoms with Crippen LogP contribution in [0.4, 0.5) is 0 Å². The molecule has 1 fully saturated rings. The number of primary amides is 1. The molecule has 1 aromatic carbocycles. The highest BCUT2D eigenvalue weighted by atomic mass is 16.5. The van der Waals surface area contributed by atoms with Crippen LogP contribution in [0.2, 0.25) is 0 Å². The Labute approximate surface area is 184 Å². The number of rotatable bonds is 6. The Balaban J connectivity index is 1.86. The molecule has 1 atom stereocenters. The number of ether oxygens (including phenoxy) is 1. The maximum Gasteiger partial charge on any atom is 0.266 e. The van der Waals surface area contributed by atoms with E-state index in [2.05, 4.69) is 35.9 Å². The summed E-state index contributed by atoms with van der Waals surface area (Å²) < 4.78 is 6.31. The average molecular weight is 425 g/mol. The molecule has 0 saturated carbocycles. The van der Waals surface area contributed by atoms with Gasteiger partial charge in [-0.05, 0) is 63.6 Å². The third kappa shape index (κ3) is 4.70. The van der Waals surface area contributed by atoms with Crippen molar-refractivity contribution in [2.75, 3.05) is 6.54 Å². The Morgan fingerprint density at radius 2 is 1.97 bits per heavy atom. The first kappa shape index (κ1) is 22.7. The standard InChI is InChI=1S/C24H32N4O3/c1-14(2)17-10-9-15(3)12-20(17)31-24(5,6)23(30)28-11-7-8-19(28)22-26-13-18(21(25)29)16(4)27-22/h9-10,12-14,19H,7-8,11H2,1-6H3,(H2,25,29)/t19-/m0/s1. The minimum absolute atomic E-state index is 0.105. The van der Waals surface area contributed by atoms with E-state index in [0.29, 0.717) is 23.6 Å². The fraction of sp³-hybridized carbons (Fsp3) is 0.500. The van der Waals surface area contributed by atoms with E-state index in [-0.39, 0.29) is 17.9 Å². The summed E-state index contributed by atoms with van der Waals surface area (Å²) in [5.74, 6) is 0.884. The molecular formula is C24H32N4O3. The van der Waals surface area contributed by atoms with Crippen molar-refractivity contribution in [2.24, 2.45) is 5.73 Å². The van der Waals surface area contributed by atoms with Crippen molar-refractivity contribution in [2.45, 2.75) is 71.9 Å². The molecule has 0 aliphatic carbocycles. The lowest BCUT2D eigenvalue weighted by Crippen LogP contribution is -2.49. The van der Waals surface area contributed by atoms with Crippen molar-refractivity contribution in [3.05, 3.63) is 52.6 Å². The van der Waals surface area contributed by atoms with Crippen LogP contribution < -0.4 is 10.5 Å². The molecule has 3 rings (SSSR count). The summed E-state index contributed by atoms with van der Waals surface area (Å²) in [6, 6.07) is 5.85. The Morgan fingerprint density at radius 1 is 1.26 bits per heavy atom. The topological polar surface area (TPSA) is 98.4 Å². The summed E-state index contributed by atoms with van der Waals surface area (Å²) >= 11 is 0. The van der Waals surface area contributed by atoms with Gasteiger partial charge in [0.1, 0.15) is 5.75 Å². The molecule has 31 heavy (non-hydrogen) atoms. The lowest BCUT2D eigenvalue weighted by atomic mass is 9.99. The minimum atomic E-state index is -1.05. The summed E-state index contributed by atoms with van der Waals surface area (Å²) in [6.07, 6.45) is 3.07. The van der Waals surface area contributed by atoms with Gasteiger partial charge in [-0.1, -0.05) is 26.0 Å². The first-order valence-corrected chi connectivity index (χ1v) is 10.7. The molecule has 1 aliphatic heterocycles. The molecule has 0 radical (unpaired) electrons. The number of carbonyl (C=O) groups excluding carboxylic acids is 2. The molecule has 7 heteroatoms. The predicted octanol–water partition coefficient (Wildman–Crippen LogP) is 3.84. The van der Waals surface area contributed by atoms with Crippen LogP contribution in [-0.4, -0.2) is 38.8 Å². The van der Waals surface area contributed by atoms with Gasteiger partial charge in [-0.2, -0.15) is 0 Å². The summed E-state index contributed by atoms with van der Waals surface area (Å²) in [4.78, 5) is 35.7. The van der Waals surface area contributed by atoms with Crippen molar-refractivity contribution in [3.8, 4) is 5.75 Å². The average Bonchev–Trinajstić information content (AvgIpc) is 3.16. The van der Waals surface area contributed by atoms with Gasteiger partial charge < -0.3 is 15.4 Å². The number of nitrogens with two attached hydrogens (primary N) is 1. The van der Waals surface area contributed by atoms with E-state index in [1.807, 2.05) is 13.0 Å². The van der Waals surface area contributed by atoms with E-state index in [1.54, 1.807) is 25.7 Å². The Hall–Kier alpha value is -2.96. The van der Waals surface area contributed by atoms with E-state index in [4.69, 9.17) is 10.5 Å². The molecule has 2 N–H and O–H groups in total. The second-order valence-electron chi connectivity index (χ2n) is 9.06. The number of aryl methyl sites for hydroxylation is 2. The van der Waals surface area contributed by atoms with Crippen molar-refractivity contribution >= 4 is 11.8 Å². The largest absolute Gasteiger partial charge is 0.478 e. The number of carbonyl (C=O) groups is 2. The number of hydrogen-bond donors (Lipinski definition) is 1. The van der Waals surface area contributed by atoms with Gasteiger partial charge in [0.25, 0.3) is 11.8 Å².